The lowest BCUT2D eigenvalue weighted by Crippen LogP contribution is -2.10. The molecule has 0 radical (unpaired) electrons. The molecule has 0 aliphatic carbocycles. The molecule has 54 heavy (non-hydrogen) atoms. The van der Waals surface area contributed by atoms with Gasteiger partial charge in [0.15, 0.2) is 0 Å². The lowest BCUT2D eigenvalue weighted by atomic mass is 10.0. The summed E-state index contributed by atoms with van der Waals surface area (Å²) in [5.41, 5.74) is 4.31. The summed E-state index contributed by atoms with van der Waals surface area (Å²) in [6, 6.07) is 31.5. The van der Waals surface area contributed by atoms with Crippen LogP contribution in [0.25, 0.3) is 43.1 Å². The van der Waals surface area contributed by atoms with Crippen molar-refractivity contribution in [1.82, 2.24) is 19.9 Å². The summed E-state index contributed by atoms with van der Waals surface area (Å²) in [4.78, 5) is 35.4. The van der Waals surface area contributed by atoms with Crippen LogP contribution in [0.3, 0.4) is 0 Å². The fourth-order valence-corrected chi connectivity index (χ4v) is 8.26. The number of H-pyrrole nitrogens is 4. The number of aryl methyl sites for hydroxylation is 1. The molecule has 4 aromatic carbocycles. The highest BCUT2D eigenvalue weighted by Crippen LogP contribution is 2.37. The Bertz CT molecular complexity index is 2840. The van der Waals surface area contributed by atoms with Gasteiger partial charge in [0.2, 0.25) is 0 Å². The molecule has 8 nitrogen and oxygen atoms in total. The van der Waals surface area contributed by atoms with E-state index in [4.69, 9.17) is 20.0 Å². The van der Waals surface area contributed by atoms with Gasteiger partial charge >= 0.3 is 0 Å². The average molecular weight is 713 g/mol. The van der Waals surface area contributed by atoms with Crippen LogP contribution < -0.4 is 22.0 Å². The van der Waals surface area contributed by atoms with E-state index in [1.54, 1.807) is 0 Å². The summed E-state index contributed by atoms with van der Waals surface area (Å²) in [7, 11) is 0. The third-order valence-corrected chi connectivity index (χ3v) is 11.1. The van der Waals surface area contributed by atoms with Gasteiger partial charge in [-0.3, -0.25) is 0 Å². The average Bonchev–Trinajstić information content (AvgIpc) is 3.94. The molecule has 1 aliphatic heterocycles. The second-order valence-electron chi connectivity index (χ2n) is 14.9. The van der Waals surface area contributed by atoms with Crippen molar-refractivity contribution < 1.29 is 0 Å². The van der Waals surface area contributed by atoms with Crippen LogP contribution in [0.15, 0.2) is 111 Å². The molecular formula is C46H48N8. The standard InChI is InChI=1S/C46H48N8/c1-2-3-4-5-6-7-8-9-10-11-12-13-21-30-22-20-29-37-38(30)46-53-44-36-28-19-18-27-35(36)42(51-44)49-40-32-24-15-14-23-31(32)39(47-40)48-41-33-25-16-17-26-34(33)43(50-41)52-45(37)54-46/h14-20,22-29H,2-13,21H2,1H3,(H4,47,48,49,50,51,52,53,54). The predicted octanol–water partition coefficient (Wildman–Crippen LogP) is 11.0. The molecule has 0 atom stereocenters. The van der Waals surface area contributed by atoms with Gasteiger partial charge in [-0.15, -0.1) is 0 Å². The number of benzene rings is 4. The van der Waals surface area contributed by atoms with E-state index in [2.05, 4.69) is 99.7 Å². The second kappa shape index (κ2) is 15.3. The molecule has 0 unspecified atom stereocenters. The fraction of sp³-hybridized carbons (Fsp3) is 0.304. The summed E-state index contributed by atoms with van der Waals surface area (Å²) < 4.78 is 0. The molecule has 0 amide bonds. The Morgan fingerprint density at radius 1 is 0.352 bits per heavy atom. The second-order valence-corrected chi connectivity index (χ2v) is 14.9. The van der Waals surface area contributed by atoms with Crippen molar-refractivity contribution in [1.29, 1.82) is 0 Å². The van der Waals surface area contributed by atoms with E-state index < -0.39 is 0 Å². The van der Waals surface area contributed by atoms with Crippen molar-refractivity contribution in [3.8, 4) is 0 Å². The minimum absolute atomic E-state index is 0.742. The van der Waals surface area contributed by atoms with Crippen LogP contribution in [0.5, 0.6) is 0 Å². The third-order valence-electron chi connectivity index (χ3n) is 11.1. The van der Waals surface area contributed by atoms with Crippen LogP contribution in [0.1, 0.15) is 89.5 Å². The first kappa shape index (κ1) is 34.0. The molecule has 4 N–H and O–H groups in total. The predicted molar refractivity (Wildman–Crippen MR) is 221 cm³/mol. The summed E-state index contributed by atoms with van der Waals surface area (Å²) >= 11 is 0. The Kier molecular flexibility index (Phi) is 9.65. The summed E-state index contributed by atoms with van der Waals surface area (Å²) in [6.07, 6.45) is 17.1. The van der Waals surface area contributed by atoms with Crippen LogP contribution in [-0.2, 0) is 6.42 Å². The summed E-state index contributed by atoms with van der Waals surface area (Å²) in [6.45, 7) is 2.29. The van der Waals surface area contributed by atoms with Crippen LogP contribution >= 0.6 is 0 Å². The maximum absolute atomic E-state index is 5.35. The van der Waals surface area contributed by atoms with Crippen LogP contribution in [0.4, 0.5) is 23.3 Å². The van der Waals surface area contributed by atoms with E-state index in [0.717, 1.165) is 101 Å². The topological polar surface area (TPSA) is 113 Å². The van der Waals surface area contributed by atoms with E-state index in [0.29, 0.717) is 0 Å². The summed E-state index contributed by atoms with van der Waals surface area (Å²) in [5, 5.41) is 8.23. The van der Waals surface area contributed by atoms with Gasteiger partial charge in [-0.1, -0.05) is 169 Å². The fourth-order valence-electron chi connectivity index (χ4n) is 8.26. The smallest absolute Gasteiger partial charge is 0.142 e. The van der Waals surface area contributed by atoms with E-state index in [9.17, 15) is 0 Å². The number of aromatic amines is 4. The van der Waals surface area contributed by atoms with Crippen molar-refractivity contribution in [3.05, 3.63) is 119 Å². The van der Waals surface area contributed by atoms with E-state index >= 15 is 0 Å². The van der Waals surface area contributed by atoms with Gasteiger partial charge in [-0.05, 0) is 18.4 Å². The van der Waals surface area contributed by atoms with Crippen molar-refractivity contribution >= 4 is 66.4 Å². The van der Waals surface area contributed by atoms with Gasteiger partial charge in [0.1, 0.15) is 45.2 Å². The Morgan fingerprint density at radius 2 is 0.722 bits per heavy atom. The lowest BCUT2D eigenvalue weighted by Gasteiger charge is -2.06. The molecule has 1 aliphatic rings. The number of fused-ring (bicyclic) bond motifs is 20. The maximum atomic E-state index is 5.35. The number of nitrogens with one attached hydrogen (secondary N) is 4. The molecule has 5 heterocycles. The van der Waals surface area contributed by atoms with E-state index in [1.165, 1.54) is 76.2 Å². The van der Waals surface area contributed by atoms with Crippen LogP contribution in [0.2, 0.25) is 0 Å². The first-order chi connectivity index (χ1) is 26.7. The minimum atomic E-state index is 0.742. The van der Waals surface area contributed by atoms with Crippen molar-refractivity contribution in [2.75, 3.05) is 0 Å². The quantitative estimate of drug-likeness (QED) is 0.0853. The molecular weight excluding hydrogens is 665 g/mol. The van der Waals surface area contributed by atoms with Gasteiger partial charge in [0, 0.05) is 43.1 Å². The van der Waals surface area contributed by atoms with E-state index in [1.807, 2.05) is 18.2 Å². The van der Waals surface area contributed by atoms with Crippen LogP contribution in [0, 0.1) is 0 Å². The molecule has 0 saturated heterocycles. The highest BCUT2D eigenvalue weighted by molar-refractivity contribution is 6.02. The number of aromatic nitrogens is 4. The Hall–Kier alpha value is -5.76. The number of rotatable bonds is 13. The molecule has 0 spiro atoms. The molecule has 272 valence electrons. The Balaban J connectivity index is 1.13. The van der Waals surface area contributed by atoms with Gasteiger partial charge < -0.3 is 19.9 Å². The molecule has 9 rings (SSSR count). The largest absolute Gasteiger partial charge is 0.324 e. The zero-order valence-electron chi connectivity index (χ0n) is 31.1. The van der Waals surface area contributed by atoms with Crippen molar-refractivity contribution in [3.63, 3.8) is 0 Å². The first-order valence-corrected chi connectivity index (χ1v) is 20.1. The molecule has 8 bridgehead atoms. The van der Waals surface area contributed by atoms with Crippen molar-refractivity contribution in [2.45, 2.75) is 90.4 Å². The number of nitrogens with zero attached hydrogens (tertiary/aromatic N) is 4. The van der Waals surface area contributed by atoms with E-state index in [-0.39, 0.29) is 0 Å². The Morgan fingerprint density at radius 3 is 1.20 bits per heavy atom. The number of unbranched alkanes of at least 4 members (excludes halogenated alkanes) is 11. The third kappa shape index (κ3) is 6.66. The van der Waals surface area contributed by atoms with Gasteiger partial charge in [0.25, 0.3) is 0 Å². The zero-order chi connectivity index (χ0) is 36.3. The molecule has 8 heteroatoms. The molecule has 8 aromatic rings. The number of hydrogen-bond acceptors (Lipinski definition) is 4. The van der Waals surface area contributed by atoms with Gasteiger partial charge in [-0.25, -0.2) is 20.0 Å². The van der Waals surface area contributed by atoms with Gasteiger partial charge in [0.05, 0.1) is 0 Å². The van der Waals surface area contributed by atoms with Crippen molar-refractivity contribution in [2.24, 2.45) is 20.0 Å². The molecule has 0 fully saturated rings. The summed E-state index contributed by atoms with van der Waals surface area (Å²) in [5.74, 6) is 3.07. The van der Waals surface area contributed by atoms with Crippen LogP contribution in [-0.4, -0.2) is 19.9 Å². The SMILES string of the molecule is CCCCCCCCCCCCCCc1cccc2c3[nH]c(c12)N=c1[nH]c(c2ccccc12)=Nc1[nH]c(c2ccccc12)N=c1[nH]c(c2ccccc12)=N3. The zero-order valence-corrected chi connectivity index (χ0v) is 31.1. The minimum Gasteiger partial charge on any atom is -0.324 e. The highest BCUT2D eigenvalue weighted by atomic mass is 15.1. The normalized spacial score (nSPS) is 12.6. The lowest BCUT2D eigenvalue weighted by molar-refractivity contribution is 0.544. The Labute approximate surface area is 314 Å². The monoisotopic (exact) mass is 712 g/mol. The highest BCUT2D eigenvalue weighted by Gasteiger charge is 2.16. The van der Waals surface area contributed by atoms with Gasteiger partial charge in [-0.2, -0.15) is 0 Å². The maximum Gasteiger partial charge on any atom is 0.142 e. The molecule has 0 saturated carbocycles. The first-order valence-electron chi connectivity index (χ1n) is 20.1. The molecule has 4 aromatic heterocycles. The number of hydrogen-bond donors (Lipinski definition) is 4.